The van der Waals surface area contributed by atoms with Crippen molar-refractivity contribution in [1.82, 2.24) is 13.7 Å². The van der Waals surface area contributed by atoms with Crippen LogP contribution in [0.2, 0.25) is 0 Å². The molecular formula is C45H36BiN3. The first-order valence-electron chi connectivity index (χ1n) is 16.8. The van der Waals surface area contributed by atoms with Gasteiger partial charge in [0.05, 0.1) is 0 Å². The molecule has 3 aromatic heterocycles. The Kier molecular flexibility index (Phi) is 7.36. The zero-order chi connectivity index (χ0) is 33.1. The zero-order valence-electron chi connectivity index (χ0n) is 27.9. The van der Waals surface area contributed by atoms with Gasteiger partial charge in [0.1, 0.15) is 0 Å². The summed E-state index contributed by atoms with van der Waals surface area (Å²) in [6, 6.07) is 54.4. The standard InChI is InChI=1S/3C15H12N.Bi/c3*1-16-11-14(12-7-3-2-4-8-12)13-9-5-6-10-15(13)16;/h3*2-4,6-11H,1H3;. The molecule has 236 valence electrons. The fourth-order valence-corrected chi connectivity index (χ4v) is 16.6. The fraction of sp³-hybridized carbons (Fsp3) is 0.0667. The minimum atomic E-state index is -2.91. The zero-order valence-corrected chi connectivity index (χ0v) is 31.4. The van der Waals surface area contributed by atoms with E-state index in [-0.39, 0.29) is 0 Å². The summed E-state index contributed by atoms with van der Waals surface area (Å²) in [6.45, 7) is 0. The molecular weight excluding hydrogens is 791 g/mol. The van der Waals surface area contributed by atoms with E-state index >= 15 is 0 Å². The summed E-state index contributed by atoms with van der Waals surface area (Å²) in [6.07, 6.45) is 6.87. The van der Waals surface area contributed by atoms with Gasteiger partial charge >= 0.3 is 297 Å². The molecule has 3 nitrogen and oxygen atoms in total. The van der Waals surface area contributed by atoms with Crippen LogP contribution in [0.15, 0.2) is 164 Å². The number of benzene rings is 6. The summed E-state index contributed by atoms with van der Waals surface area (Å²) in [5.41, 5.74) is 11.4. The van der Waals surface area contributed by atoms with Gasteiger partial charge < -0.3 is 0 Å². The van der Waals surface area contributed by atoms with E-state index in [1.165, 1.54) is 75.9 Å². The van der Waals surface area contributed by atoms with Gasteiger partial charge in [-0.1, -0.05) is 0 Å². The molecule has 0 atom stereocenters. The predicted octanol–water partition coefficient (Wildman–Crippen LogP) is 8.68. The third-order valence-corrected chi connectivity index (χ3v) is 19.2. The summed E-state index contributed by atoms with van der Waals surface area (Å²) >= 11 is -2.91. The molecule has 0 spiro atoms. The Bertz CT molecular complexity index is 2330. The summed E-state index contributed by atoms with van der Waals surface area (Å²) in [7, 11) is 6.49. The van der Waals surface area contributed by atoms with Crippen molar-refractivity contribution in [3.63, 3.8) is 0 Å². The van der Waals surface area contributed by atoms with Crippen molar-refractivity contribution in [2.75, 3.05) is 0 Å². The molecule has 0 fully saturated rings. The number of hydrogen-bond acceptors (Lipinski definition) is 0. The summed E-state index contributed by atoms with van der Waals surface area (Å²) in [5.74, 6) is 0. The first-order valence-corrected chi connectivity index (χ1v) is 22.0. The van der Waals surface area contributed by atoms with Crippen LogP contribution in [0.4, 0.5) is 0 Å². The third kappa shape index (κ3) is 5.14. The van der Waals surface area contributed by atoms with Crippen LogP contribution >= 0.6 is 0 Å². The van der Waals surface area contributed by atoms with E-state index in [0.29, 0.717) is 0 Å². The van der Waals surface area contributed by atoms with E-state index in [9.17, 15) is 0 Å². The maximum absolute atomic E-state index is 2.91. The maximum atomic E-state index is 2.52. The van der Waals surface area contributed by atoms with E-state index < -0.39 is 21.8 Å². The molecule has 9 aromatic rings. The Labute approximate surface area is 295 Å². The number of rotatable bonds is 6. The Morgan fingerprint density at radius 3 is 0.918 bits per heavy atom. The summed E-state index contributed by atoms with van der Waals surface area (Å²) in [4.78, 5) is 0. The number of aromatic nitrogens is 3. The molecule has 0 saturated carbocycles. The van der Waals surface area contributed by atoms with E-state index in [4.69, 9.17) is 0 Å². The topological polar surface area (TPSA) is 14.8 Å². The Morgan fingerprint density at radius 1 is 0.347 bits per heavy atom. The van der Waals surface area contributed by atoms with Crippen LogP contribution in [0.25, 0.3) is 66.1 Å². The van der Waals surface area contributed by atoms with Crippen molar-refractivity contribution in [3.05, 3.63) is 164 Å². The fourth-order valence-electron chi connectivity index (χ4n) is 7.55. The molecule has 9 rings (SSSR count). The molecule has 0 aliphatic heterocycles. The number of hydrogen-bond donors (Lipinski definition) is 0. The average molecular weight is 828 g/mol. The quantitative estimate of drug-likeness (QED) is 0.149. The number of nitrogens with zero attached hydrogens (tertiary/aromatic N) is 3. The molecule has 49 heavy (non-hydrogen) atoms. The second-order valence-electron chi connectivity index (χ2n) is 13.0. The van der Waals surface area contributed by atoms with Crippen molar-refractivity contribution >= 4 is 64.3 Å². The van der Waals surface area contributed by atoms with Crippen molar-refractivity contribution in [3.8, 4) is 33.4 Å². The van der Waals surface area contributed by atoms with Gasteiger partial charge in [0.15, 0.2) is 0 Å². The second-order valence-corrected chi connectivity index (χ2v) is 21.6. The van der Waals surface area contributed by atoms with Gasteiger partial charge in [0.25, 0.3) is 0 Å². The van der Waals surface area contributed by atoms with Crippen LogP contribution in [0.1, 0.15) is 0 Å². The molecule has 0 radical (unpaired) electrons. The molecule has 4 heteroatoms. The average Bonchev–Trinajstić information content (AvgIpc) is 3.79. The third-order valence-electron chi connectivity index (χ3n) is 9.95. The monoisotopic (exact) mass is 827 g/mol. The molecule has 0 aliphatic carbocycles. The number of fused-ring (bicyclic) bond motifs is 3. The molecule has 0 amide bonds. The Morgan fingerprint density at radius 2 is 0.633 bits per heavy atom. The van der Waals surface area contributed by atoms with Crippen LogP contribution in [0, 0.1) is 0 Å². The minimum absolute atomic E-state index is 1.26. The molecule has 0 saturated heterocycles. The van der Waals surface area contributed by atoms with Crippen LogP contribution in [0.5, 0.6) is 0 Å². The van der Waals surface area contributed by atoms with Gasteiger partial charge in [-0.3, -0.25) is 0 Å². The van der Waals surface area contributed by atoms with Gasteiger partial charge in [-0.2, -0.15) is 0 Å². The second kappa shape index (κ2) is 12.1. The first kappa shape index (κ1) is 29.9. The van der Waals surface area contributed by atoms with Gasteiger partial charge in [0.2, 0.25) is 0 Å². The Balaban J connectivity index is 1.30. The molecule has 3 heterocycles. The molecule has 0 bridgehead atoms. The van der Waals surface area contributed by atoms with Crippen molar-refractivity contribution in [2.45, 2.75) is 0 Å². The van der Waals surface area contributed by atoms with Gasteiger partial charge in [0, 0.05) is 0 Å². The summed E-state index contributed by atoms with van der Waals surface area (Å²) < 4.78 is 11.3. The van der Waals surface area contributed by atoms with Gasteiger partial charge in [-0.25, -0.2) is 0 Å². The molecule has 0 aliphatic rings. The first-order chi connectivity index (χ1) is 24.0. The molecule has 0 N–H and O–H groups in total. The van der Waals surface area contributed by atoms with Crippen molar-refractivity contribution < 1.29 is 0 Å². The van der Waals surface area contributed by atoms with E-state index in [1.54, 1.807) is 0 Å². The normalized spacial score (nSPS) is 11.8. The van der Waals surface area contributed by atoms with Gasteiger partial charge in [-0.15, -0.1) is 0 Å². The van der Waals surface area contributed by atoms with Crippen LogP contribution in [-0.4, -0.2) is 35.5 Å². The summed E-state index contributed by atoms with van der Waals surface area (Å²) in [5, 5.41) is 3.97. The Hall–Kier alpha value is -5.18. The SMILES string of the molecule is Cn1cc(-c2ccccc2)c2c[c]([Bi]([c]3ccc4c(c3)c(-c3ccccc3)cn4C)[c]3ccc4c(c3)c(-c3ccccc3)cn4C)ccc21. The van der Waals surface area contributed by atoms with Crippen LogP contribution in [-0.2, 0) is 21.1 Å². The van der Waals surface area contributed by atoms with Crippen LogP contribution in [0.3, 0.4) is 0 Å². The van der Waals surface area contributed by atoms with Gasteiger partial charge in [-0.05, 0) is 0 Å². The number of aryl methyl sites for hydroxylation is 3. The van der Waals surface area contributed by atoms with Crippen LogP contribution < -0.4 is 9.81 Å². The van der Waals surface area contributed by atoms with E-state index in [1.807, 2.05) is 0 Å². The predicted molar refractivity (Wildman–Crippen MR) is 210 cm³/mol. The van der Waals surface area contributed by atoms with E-state index in [0.717, 1.165) is 0 Å². The van der Waals surface area contributed by atoms with Crippen molar-refractivity contribution in [1.29, 1.82) is 0 Å². The van der Waals surface area contributed by atoms with Crippen molar-refractivity contribution in [2.24, 2.45) is 21.1 Å². The van der Waals surface area contributed by atoms with E-state index in [2.05, 4.69) is 199 Å². The molecule has 0 unspecified atom stereocenters. The molecule has 6 aromatic carbocycles.